The van der Waals surface area contributed by atoms with Gasteiger partial charge in [0.2, 0.25) is 0 Å². The highest BCUT2D eigenvalue weighted by molar-refractivity contribution is 5.34. The molecular formula is C21H35N. The molecular weight excluding hydrogens is 266 g/mol. The standard InChI is InChI=1S/C21H35N/c1-3-5-6-7-8-9-10-17-11-12-19-16-20(21(22)4-2)14-13-18(19)15-17/h11-12,15,20-21H,3-10,13-14,16,22H2,1-2H3. The number of unbranched alkanes of at least 4 members (excludes halogenated alkanes) is 5. The normalized spacial score (nSPS) is 19.0. The number of benzene rings is 1. The van der Waals surface area contributed by atoms with Crippen LogP contribution >= 0.6 is 0 Å². The molecule has 0 fully saturated rings. The molecule has 124 valence electrons. The number of aryl methyl sites for hydroxylation is 2. The Morgan fingerprint density at radius 2 is 1.82 bits per heavy atom. The minimum atomic E-state index is 0.385. The highest BCUT2D eigenvalue weighted by Crippen LogP contribution is 2.29. The summed E-state index contributed by atoms with van der Waals surface area (Å²) in [5.41, 5.74) is 11.0. The molecule has 1 nitrogen and oxygen atoms in total. The molecule has 0 radical (unpaired) electrons. The molecule has 2 unspecified atom stereocenters. The van der Waals surface area contributed by atoms with Crippen LogP contribution in [0.3, 0.4) is 0 Å². The highest BCUT2D eigenvalue weighted by atomic mass is 14.6. The predicted octanol–water partition coefficient (Wildman–Crippen LogP) is 5.43. The van der Waals surface area contributed by atoms with Crippen LogP contribution in [0.2, 0.25) is 0 Å². The molecule has 2 rings (SSSR count). The van der Waals surface area contributed by atoms with E-state index in [4.69, 9.17) is 5.73 Å². The summed E-state index contributed by atoms with van der Waals surface area (Å²) in [5.74, 6) is 0.696. The van der Waals surface area contributed by atoms with Gasteiger partial charge < -0.3 is 5.73 Å². The third kappa shape index (κ3) is 5.12. The Hall–Kier alpha value is -0.820. The van der Waals surface area contributed by atoms with Gasteiger partial charge in [-0.1, -0.05) is 64.2 Å². The van der Waals surface area contributed by atoms with Gasteiger partial charge in [-0.2, -0.15) is 0 Å². The van der Waals surface area contributed by atoms with E-state index in [2.05, 4.69) is 32.0 Å². The third-order valence-corrected chi connectivity index (χ3v) is 5.43. The maximum Gasteiger partial charge on any atom is 0.00678 e. The number of hydrogen-bond acceptors (Lipinski definition) is 1. The summed E-state index contributed by atoms with van der Waals surface area (Å²) in [7, 11) is 0. The van der Waals surface area contributed by atoms with Crippen molar-refractivity contribution in [2.75, 3.05) is 0 Å². The summed E-state index contributed by atoms with van der Waals surface area (Å²) in [4.78, 5) is 0. The molecule has 1 aromatic rings. The minimum absolute atomic E-state index is 0.385. The van der Waals surface area contributed by atoms with Crippen LogP contribution in [0.5, 0.6) is 0 Å². The maximum absolute atomic E-state index is 6.25. The molecule has 1 aliphatic carbocycles. The van der Waals surface area contributed by atoms with Gasteiger partial charge in [0.05, 0.1) is 0 Å². The van der Waals surface area contributed by atoms with Crippen LogP contribution in [0.15, 0.2) is 18.2 Å². The average Bonchev–Trinajstić information content (AvgIpc) is 2.56. The first-order chi connectivity index (χ1) is 10.7. The molecule has 1 aliphatic rings. The van der Waals surface area contributed by atoms with Gasteiger partial charge in [-0.3, -0.25) is 0 Å². The van der Waals surface area contributed by atoms with Crippen molar-refractivity contribution in [1.82, 2.24) is 0 Å². The molecule has 1 heteroatoms. The Kier molecular flexibility index (Phi) is 7.45. The highest BCUT2D eigenvalue weighted by Gasteiger charge is 2.22. The van der Waals surface area contributed by atoms with Crippen LogP contribution in [0.25, 0.3) is 0 Å². The van der Waals surface area contributed by atoms with Crippen LogP contribution in [0.4, 0.5) is 0 Å². The Bertz CT molecular complexity index is 438. The quantitative estimate of drug-likeness (QED) is 0.604. The van der Waals surface area contributed by atoms with Gasteiger partial charge in [-0.05, 0) is 61.1 Å². The summed E-state index contributed by atoms with van der Waals surface area (Å²) < 4.78 is 0. The van der Waals surface area contributed by atoms with E-state index in [-0.39, 0.29) is 0 Å². The lowest BCUT2D eigenvalue weighted by atomic mass is 9.79. The van der Waals surface area contributed by atoms with E-state index in [0.717, 1.165) is 6.42 Å². The molecule has 0 spiro atoms. The Morgan fingerprint density at radius 3 is 2.59 bits per heavy atom. The van der Waals surface area contributed by atoms with E-state index in [9.17, 15) is 0 Å². The predicted molar refractivity (Wildman–Crippen MR) is 97.3 cm³/mol. The van der Waals surface area contributed by atoms with E-state index in [1.54, 1.807) is 16.7 Å². The summed E-state index contributed by atoms with van der Waals surface area (Å²) in [6, 6.07) is 7.62. The zero-order chi connectivity index (χ0) is 15.8. The Balaban J connectivity index is 1.80. The van der Waals surface area contributed by atoms with Crippen molar-refractivity contribution in [1.29, 1.82) is 0 Å². The van der Waals surface area contributed by atoms with Crippen molar-refractivity contribution >= 4 is 0 Å². The van der Waals surface area contributed by atoms with E-state index in [1.807, 2.05) is 0 Å². The third-order valence-electron chi connectivity index (χ3n) is 5.43. The van der Waals surface area contributed by atoms with Crippen molar-refractivity contribution in [3.8, 4) is 0 Å². The fourth-order valence-corrected chi connectivity index (χ4v) is 3.80. The van der Waals surface area contributed by atoms with Crippen LogP contribution in [0.1, 0.15) is 81.9 Å². The molecule has 1 aromatic carbocycles. The van der Waals surface area contributed by atoms with Crippen molar-refractivity contribution < 1.29 is 0 Å². The monoisotopic (exact) mass is 301 g/mol. The van der Waals surface area contributed by atoms with E-state index in [0.29, 0.717) is 12.0 Å². The number of hydrogen-bond donors (Lipinski definition) is 1. The van der Waals surface area contributed by atoms with Gasteiger partial charge in [-0.15, -0.1) is 0 Å². The molecule has 0 heterocycles. The second kappa shape index (κ2) is 9.35. The zero-order valence-corrected chi connectivity index (χ0v) is 14.7. The molecule has 2 atom stereocenters. The Labute approximate surface area is 137 Å². The summed E-state index contributed by atoms with van der Waals surface area (Å²) >= 11 is 0. The van der Waals surface area contributed by atoms with Crippen molar-refractivity contribution in [3.05, 3.63) is 34.9 Å². The second-order valence-corrected chi connectivity index (χ2v) is 7.20. The lowest BCUT2D eigenvalue weighted by molar-refractivity contribution is 0.367. The average molecular weight is 302 g/mol. The fraction of sp³-hybridized carbons (Fsp3) is 0.714. The van der Waals surface area contributed by atoms with Crippen molar-refractivity contribution in [3.63, 3.8) is 0 Å². The van der Waals surface area contributed by atoms with E-state index in [1.165, 1.54) is 64.2 Å². The molecule has 0 aliphatic heterocycles. The summed E-state index contributed by atoms with van der Waals surface area (Å²) in [6.07, 6.45) is 14.4. The van der Waals surface area contributed by atoms with Crippen LogP contribution in [-0.4, -0.2) is 6.04 Å². The molecule has 0 bridgehead atoms. The molecule has 2 N–H and O–H groups in total. The van der Waals surface area contributed by atoms with E-state index >= 15 is 0 Å². The summed E-state index contributed by atoms with van der Waals surface area (Å²) in [6.45, 7) is 4.49. The van der Waals surface area contributed by atoms with E-state index < -0.39 is 0 Å². The van der Waals surface area contributed by atoms with Gasteiger partial charge >= 0.3 is 0 Å². The minimum Gasteiger partial charge on any atom is -0.327 e. The number of rotatable bonds is 9. The van der Waals surface area contributed by atoms with Crippen LogP contribution in [-0.2, 0) is 19.3 Å². The first-order valence-electron chi connectivity index (χ1n) is 9.60. The molecule has 0 saturated heterocycles. The first-order valence-corrected chi connectivity index (χ1v) is 9.60. The van der Waals surface area contributed by atoms with Gasteiger partial charge in [0.1, 0.15) is 0 Å². The second-order valence-electron chi connectivity index (χ2n) is 7.20. The zero-order valence-electron chi connectivity index (χ0n) is 14.7. The topological polar surface area (TPSA) is 26.0 Å². The smallest absolute Gasteiger partial charge is 0.00678 e. The maximum atomic E-state index is 6.25. The number of nitrogens with two attached hydrogens (primary N) is 1. The molecule has 0 saturated carbocycles. The summed E-state index contributed by atoms with van der Waals surface area (Å²) in [5, 5.41) is 0. The number of fused-ring (bicyclic) bond motifs is 1. The van der Waals surface area contributed by atoms with Crippen molar-refractivity contribution in [2.45, 2.75) is 90.5 Å². The van der Waals surface area contributed by atoms with Crippen LogP contribution < -0.4 is 5.73 Å². The van der Waals surface area contributed by atoms with Gasteiger partial charge in [-0.25, -0.2) is 0 Å². The van der Waals surface area contributed by atoms with Crippen molar-refractivity contribution in [2.24, 2.45) is 11.7 Å². The van der Waals surface area contributed by atoms with Crippen LogP contribution in [0, 0.1) is 5.92 Å². The lowest BCUT2D eigenvalue weighted by Crippen LogP contribution is -2.33. The largest absolute Gasteiger partial charge is 0.327 e. The lowest BCUT2D eigenvalue weighted by Gasteiger charge is -2.29. The fourth-order valence-electron chi connectivity index (χ4n) is 3.80. The first kappa shape index (κ1) is 17.5. The van der Waals surface area contributed by atoms with Gasteiger partial charge in [0, 0.05) is 6.04 Å². The molecule has 22 heavy (non-hydrogen) atoms. The Morgan fingerprint density at radius 1 is 1.05 bits per heavy atom. The van der Waals surface area contributed by atoms with Gasteiger partial charge in [0.15, 0.2) is 0 Å². The molecule has 0 amide bonds. The SMILES string of the molecule is CCCCCCCCc1ccc2c(c1)CCC(C(N)CC)C2. The van der Waals surface area contributed by atoms with Gasteiger partial charge in [0.25, 0.3) is 0 Å². The molecule has 0 aromatic heterocycles.